The molecule has 1 saturated heterocycles. The Morgan fingerprint density at radius 2 is 2.50 bits per heavy atom. The average Bonchev–Trinajstić information content (AvgIpc) is 2.88. The zero-order valence-electron chi connectivity index (χ0n) is 10.1. The summed E-state index contributed by atoms with van der Waals surface area (Å²) in [5, 5.41) is 4.31. The largest absolute Gasteiger partial charge is 0.373 e. The van der Waals surface area contributed by atoms with Crippen LogP contribution in [0.15, 0.2) is 12.4 Å². The van der Waals surface area contributed by atoms with Crippen LogP contribution in [-0.2, 0) is 11.3 Å². The number of ether oxygens (including phenoxy) is 1. The van der Waals surface area contributed by atoms with Crippen molar-refractivity contribution in [2.24, 2.45) is 5.73 Å². The lowest BCUT2D eigenvalue weighted by Gasteiger charge is -2.29. The molecule has 0 radical (unpaired) electrons. The molecule has 1 aliphatic rings. The quantitative estimate of drug-likeness (QED) is 0.847. The Morgan fingerprint density at radius 3 is 3.12 bits per heavy atom. The van der Waals surface area contributed by atoms with Gasteiger partial charge in [-0.25, -0.2) is 0 Å². The van der Waals surface area contributed by atoms with Gasteiger partial charge in [0.05, 0.1) is 17.8 Å². The Balaban J connectivity index is 2.10. The fraction of sp³-hybridized carbons (Fsp3) is 0.750. The molecule has 0 aromatic carbocycles. The number of nitrogens with zero attached hydrogens (tertiary/aromatic N) is 2. The maximum Gasteiger partial charge on any atom is 0.0848 e. The maximum atomic E-state index is 6.27. The lowest BCUT2D eigenvalue weighted by Crippen LogP contribution is -2.37. The first-order valence-electron chi connectivity index (χ1n) is 6.07. The molecule has 2 N–H and O–H groups in total. The van der Waals surface area contributed by atoms with Crippen LogP contribution < -0.4 is 5.73 Å². The van der Waals surface area contributed by atoms with Gasteiger partial charge in [-0.3, -0.25) is 4.68 Å². The van der Waals surface area contributed by atoms with Crippen LogP contribution in [0.4, 0.5) is 0 Å². The van der Waals surface area contributed by atoms with Crippen molar-refractivity contribution in [3.8, 4) is 0 Å². The van der Waals surface area contributed by atoms with E-state index in [-0.39, 0.29) is 11.6 Å². The van der Waals surface area contributed by atoms with Crippen LogP contribution in [0.5, 0.6) is 0 Å². The number of nitrogens with two attached hydrogens (primary N) is 1. The summed E-state index contributed by atoms with van der Waals surface area (Å²) in [5.41, 5.74) is 7.14. The first kappa shape index (κ1) is 11.6. The minimum absolute atomic E-state index is 0.0689. The maximum absolute atomic E-state index is 6.27. The number of hydrogen-bond donors (Lipinski definition) is 1. The van der Waals surface area contributed by atoms with Crippen molar-refractivity contribution in [1.82, 2.24) is 9.78 Å². The van der Waals surface area contributed by atoms with E-state index in [1.807, 2.05) is 17.1 Å². The van der Waals surface area contributed by atoms with Gasteiger partial charge >= 0.3 is 0 Å². The van der Waals surface area contributed by atoms with Crippen molar-refractivity contribution < 1.29 is 4.74 Å². The number of aromatic nitrogens is 2. The highest BCUT2D eigenvalue weighted by molar-refractivity contribution is 5.15. The standard InChI is InChI=1S/C12H21N3O/c1-3-6-15-9-10(8-14-15)11(13)12(2)5-4-7-16-12/h8-9,11H,3-7,13H2,1-2H3. The minimum atomic E-state index is -0.208. The molecular weight excluding hydrogens is 202 g/mol. The van der Waals surface area contributed by atoms with E-state index in [4.69, 9.17) is 10.5 Å². The summed E-state index contributed by atoms with van der Waals surface area (Å²) >= 11 is 0. The highest BCUT2D eigenvalue weighted by Gasteiger charge is 2.37. The monoisotopic (exact) mass is 223 g/mol. The molecule has 1 fully saturated rings. The average molecular weight is 223 g/mol. The van der Waals surface area contributed by atoms with Gasteiger partial charge in [-0.2, -0.15) is 5.10 Å². The van der Waals surface area contributed by atoms with Gasteiger partial charge in [0.15, 0.2) is 0 Å². The normalized spacial score (nSPS) is 27.2. The number of rotatable bonds is 4. The van der Waals surface area contributed by atoms with E-state index < -0.39 is 0 Å². The summed E-state index contributed by atoms with van der Waals surface area (Å²) in [6.07, 6.45) is 7.14. The third-order valence-electron chi connectivity index (χ3n) is 3.37. The molecule has 4 nitrogen and oxygen atoms in total. The number of hydrogen-bond acceptors (Lipinski definition) is 3. The summed E-state index contributed by atoms with van der Waals surface area (Å²) < 4.78 is 7.72. The van der Waals surface area contributed by atoms with E-state index in [1.165, 1.54) is 0 Å². The Kier molecular flexibility index (Phi) is 3.30. The highest BCUT2D eigenvalue weighted by atomic mass is 16.5. The molecule has 2 unspecified atom stereocenters. The lowest BCUT2D eigenvalue weighted by molar-refractivity contribution is -0.00175. The molecule has 2 rings (SSSR count). The second-order valence-electron chi connectivity index (χ2n) is 4.78. The fourth-order valence-electron chi connectivity index (χ4n) is 2.29. The zero-order valence-corrected chi connectivity index (χ0v) is 10.1. The minimum Gasteiger partial charge on any atom is -0.373 e. The molecule has 2 heterocycles. The molecular formula is C12H21N3O. The van der Waals surface area contributed by atoms with Gasteiger partial charge in [-0.1, -0.05) is 6.92 Å². The topological polar surface area (TPSA) is 53.1 Å². The van der Waals surface area contributed by atoms with Crippen LogP contribution in [0.3, 0.4) is 0 Å². The molecule has 0 saturated carbocycles. The van der Waals surface area contributed by atoms with Crippen LogP contribution >= 0.6 is 0 Å². The number of aryl methyl sites for hydroxylation is 1. The summed E-state index contributed by atoms with van der Waals surface area (Å²) in [6, 6.07) is -0.0689. The third-order valence-corrected chi connectivity index (χ3v) is 3.37. The van der Waals surface area contributed by atoms with Gasteiger partial charge in [-0.05, 0) is 26.2 Å². The summed E-state index contributed by atoms with van der Waals surface area (Å²) in [7, 11) is 0. The van der Waals surface area contributed by atoms with E-state index in [0.29, 0.717) is 0 Å². The summed E-state index contributed by atoms with van der Waals surface area (Å²) in [4.78, 5) is 0. The molecule has 16 heavy (non-hydrogen) atoms. The SMILES string of the molecule is CCCn1cc(C(N)C2(C)CCCO2)cn1. The first-order chi connectivity index (χ1) is 7.65. The molecule has 0 spiro atoms. The Bertz CT molecular complexity index is 342. The van der Waals surface area contributed by atoms with Crippen LogP contribution in [-0.4, -0.2) is 22.0 Å². The van der Waals surface area contributed by atoms with E-state index >= 15 is 0 Å². The molecule has 2 atom stereocenters. The highest BCUT2D eigenvalue weighted by Crippen LogP contribution is 2.35. The molecule has 1 aromatic rings. The summed E-state index contributed by atoms with van der Waals surface area (Å²) in [6.45, 7) is 6.02. The van der Waals surface area contributed by atoms with Gasteiger partial charge in [0, 0.05) is 24.9 Å². The van der Waals surface area contributed by atoms with E-state index in [2.05, 4.69) is 18.9 Å². The van der Waals surface area contributed by atoms with Crippen LogP contribution in [0.2, 0.25) is 0 Å². The molecule has 1 aromatic heterocycles. The second-order valence-corrected chi connectivity index (χ2v) is 4.78. The van der Waals surface area contributed by atoms with Crippen molar-refractivity contribution in [3.05, 3.63) is 18.0 Å². The van der Waals surface area contributed by atoms with Gasteiger partial charge in [0.1, 0.15) is 0 Å². The molecule has 0 amide bonds. The van der Waals surface area contributed by atoms with Gasteiger partial charge in [0.2, 0.25) is 0 Å². The predicted molar refractivity (Wildman–Crippen MR) is 63.0 cm³/mol. The second kappa shape index (κ2) is 4.55. The van der Waals surface area contributed by atoms with Crippen molar-refractivity contribution in [1.29, 1.82) is 0 Å². The van der Waals surface area contributed by atoms with Crippen LogP contribution in [0, 0.1) is 0 Å². The van der Waals surface area contributed by atoms with E-state index in [1.54, 1.807) is 0 Å². The molecule has 4 heteroatoms. The van der Waals surface area contributed by atoms with Crippen LogP contribution in [0.25, 0.3) is 0 Å². The zero-order chi connectivity index (χ0) is 11.6. The van der Waals surface area contributed by atoms with Crippen LogP contribution in [0.1, 0.15) is 44.7 Å². The lowest BCUT2D eigenvalue weighted by atomic mass is 9.90. The molecule has 1 aliphatic heterocycles. The van der Waals surface area contributed by atoms with Crippen molar-refractivity contribution in [2.45, 2.75) is 51.3 Å². The van der Waals surface area contributed by atoms with Gasteiger partial charge in [-0.15, -0.1) is 0 Å². The Labute approximate surface area is 96.8 Å². The molecule has 0 bridgehead atoms. The van der Waals surface area contributed by atoms with Crippen molar-refractivity contribution >= 4 is 0 Å². The predicted octanol–water partition coefficient (Wildman–Crippen LogP) is 1.86. The Hall–Kier alpha value is -0.870. The van der Waals surface area contributed by atoms with Gasteiger partial charge in [0.25, 0.3) is 0 Å². The van der Waals surface area contributed by atoms with E-state index in [9.17, 15) is 0 Å². The smallest absolute Gasteiger partial charge is 0.0848 e. The van der Waals surface area contributed by atoms with Crippen molar-refractivity contribution in [2.75, 3.05) is 6.61 Å². The third kappa shape index (κ3) is 2.13. The summed E-state index contributed by atoms with van der Waals surface area (Å²) in [5.74, 6) is 0. The van der Waals surface area contributed by atoms with Gasteiger partial charge < -0.3 is 10.5 Å². The van der Waals surface area contributed by atoms with Crippen molar-refractivity contribution in [3.63, 3.8) is 0 Å². The molecule has 0 aliphatic carbocycles. The fourth-order valence-corrected chi connectivity index (χ4v) is 2.29. The molecule has 90 valence electrons. The first-order valence-corrected chi connectivity index (χ1v) is 6.07. The Morgan fingerprint density at radius 1 is 1.69 bits per heavy atom. The van der Waals surface area contributed by atoms with E-state index in [0.717, 1.165) is 38.0 Å².